The van der Waals surface area contributed by atoms with E-state index in [1.165, 1.54) is 32.1 Å². The fraction of sp³-hybridized carbons (Fsp3) is 0.750. The summed E-state index contributed by atoms with van der Waals surface area (Å²) >= 11 is 6.15. The Morgan fingerprint density at radius 1 is 0.925 bits per heavy atom. The van der Waals surface area contributed by atoms with E-state index >= 15 is 0 Å². The number of nitrogens with zero attached hydrogens (tertiary/aromatic N) is 3. The molecule has 1 aromatic rings. The molecule has 2 unspecified atom stereocenters. The van der Waals surface area contributed by atoms with Crippen molar-refractivity contribution in [2.45, 2.75) is 127 Å². The average molecular weight is 572 g/mol. The topological polar surface area (TPSA) is 67.9 Å². The van der Waals surface area contributed by atoms with Crippen LogP contribution in [0.2, 0.25) is 5.02 Å². The number of fused-ring (bicyclic) bond motifs is 2. The van der Waals surface area contributed by atoms with Crippen LogP contribution in [-0.2, 0) is 11.2 Å². The number of benzene rings is 1. The third kappa shape index (κ3) is 7.14. The molecule has 40 heavy (non-hydrogen) atoms. The van der Waals surface area contributed by atoms with Crippen molar-refractivity contribution in [2.24, 2.45) is 0 Å². The summed E-state index contributed by atoms with van der Waals surface area (Å²) < 4.78 is 0. The summed E-state index contributed by atoms with van der Waals surface area (Å²) in [6.07, 6.45) is 13.0. The number of rotatable bonds is 9. The smallest absolute Gasteiger partial charge is 0.320 e. The van der Waals surface area contributed by atoms with Crippen molar-refractivity contribution in [2.75, 3.05) is 26.2 Å². The van der Waals surface area contributed by atoms with Crippen molar-refractivity contribution in [3.05, 3.63) is 34.9 Å². The van der Waals surface area contributed by atoms with Gasteiger partial charge in [-0.3, -0.25) is 4.79 Å². The molecule has 3 saturated heterocycles. The summed E-state index contributed by atoms with van der Waals surface area (Å²) in [5, 5.41) is 8.26. The molecule has 1 aliphatic carbocycles. The largest absolute Gasteiger partial charge is 0.341 e. The molecule has 3 atom stereocenters. The lowest BCUT2D eigenvalue weighted by atomic mass is 9.91. The number of carbonyl (C=O) groups excluding carboxylic acids is 2. The highest BCUT2D eigenvalue weighted by atomic mass is 35.5. The molecule has 1 saturated carbocycles. The van der Waals surface area contributed by atoms with Crippen LogP contribution in [0.3, 0.4) is 0 Å². The zero-order valence-electron chi connectivity index (χ0n) is 24.6. The Hall–Kier alpha value is -1.83. The molecular formula is C32H50ClN5O2. The average Bonchev–Trinajstić information content (AvgIpc) is 3.32. The fourth-order valence-electron chi connectivity index (χ4n) is 7.76. The van der Waals surface area contributed by atoms with E-state index in [1.807, 2.05) is 29.2 Å². The van der Waals surface area contributed by atoms with Gasteiger partial charge < -0.3 is 25.3 Å². The Bertz CT molecular complexity index is 960. The maximum absolute atomic E-state index is 14.1. The van der Waals surface area contributed by atoms with Gasteiger partial charge in [0.1, 0.15) is 0 Å². The van der Waals surface area contributed by atoms with Crippen molar-refractivity contribution in [1.82, 2.24) is 25.3 Å². The Morgan fingerprint density at radius 3 is 2.12 bits per heavy atom. The van der Waals surface area contributed by atoms with Crippen LogP contribution < -0.4 is 10.6 Å². The number of piperidine rings is 2. The SMILES string of the molecule is CCN(CC)C(=O)N(C1CCCCC1)C1CCN(C(=O)[C@@H](Cc2ccc(Cl)cc2)NC2CC3CCC(C2)N3)CC1. The van der Waals surface area contributed by atoms with Gasteiger partial charge in [0.2, 0.25) is 5.91 Å². The summed E-state index contributed by atoms with van der Waals surface area (Å²) in [7, 11) is 0. The summed E-state index contributed by atoms with van der Waals surface area (Å²) in [6.45, 7) is 7.06. The van der Waals surface area contributed by atoms with Gasteiger partial charge in [-0.1, -0.05) is 43.0 Å². The highest BCUT2D eigenvalue weighted by molar-refractivity contribution is 6.30. The zero-order chi connectivity index (χ0) is 28.1. The molecule has 7 nitrogen and oxygen atoms in total. The van der Waals surface area contributed by atoms with E-state index in [0.717, 1.165) is 62.2 Å². The van der Waals surface area contributed by atoms with E-state index in [1.54, 1.807) is 0 Å². The second kappa shape index (κ2) is 13.9. The van der Waals surface area contributed by atoms with E-state index in [-0.39, 0.29) is 24.0 Å². The molecule has 2 N–H and O–H groups in total. The predicted octanol–water partition coefficient (Wildman–Crippen LogP) is 5.21. The van der Waals surface area contributed by atoms with Crippen molar-refractivity contribution >= 4 is 23.5 Å². The van der Waals surface area contributed by atoms with E-state index < -0.39 is 0 Å². The maximum atomic E-state index is 14.1. The summed E-state index contributed by atoms with van der Waals surface area (Å²) in [6, 6.07) is 9.95. The molecule has 0 radical (unpaired) electrons. The number of urea groups is 1. The molecule has 222 valence electrons. The molecule has 8 heteroatoms. The highest BCUT2D eigenvalue weighted by Gasteiger charge is 2.39. The Balaban J connectivity index is 1.26. The second-order valence-corrected chi connectivity index (χ2v) is 13.0. The molecule has 4 aliphatic rings. The number of likely N-dealkylation sites (tertiary alicyclic amines) is 1. The molecule has 5 rings (SSSR count). The molecule has 0 spiro atoms. The second-order valence-electron chi connectivity index (χ2n) is 12.6. The van der Waals surface area contributed by atoms with Crippen LogP contribution in [0.1, 0.15) is 90.0 Å². The van der Waals surface area contributed by atoms with Gasteiger partial charge in [0, 0.05) is 61.4 Å². The van der Waals surface area contributed by atoms with Crippen molar-refractivity contribution in [3.8, 4) is 0 Å². The first-order valence-corrected chi connectivity index (χ1v) is 16.5. The van der Waals surface area contributed by atoms with Crippen LogP contribution in [0.25, 0.3) is 0 Å². The fourth-order valence-corrected chi connectivity index (χ4v) is 7.89. The van der Waals surface area contributed by atoms with Crippen LogP contribution in [0.4, 0.5) is 4.79 Å². The summed E-state index contributed by atoms with van der Waals surface area (Å²) in [4.78, 5) is 34.0. The number of nitrogens with one attached hydrogen (secondary N) is 2. The lowest BCUT2D eigenvalue weighted by Gasteiger charge is -2.45. The predicted molar refractivity (Wildman–Crippen MR) is 162 cm³/mol. The quantitative estimate of drug-likeness (QED) is 0.427. The highest BCUT2D eigenvalue weighted by Crippen LogP contribution is 2.30. The molecule has 3 aliphatic heterocycles. The Labute approximate surface area is 246 Å². The molecular weight excluding hydrogens is 522 g/mol. The number of amides is 3. The van der Waals surface area contributed by atoms with Gasteiger partial charge in [0.25, 0.3) is 0 Å². The minimum atomic E-state index is -0.244. The third-order valence-corrected chi connectivity index (χ3v) is 10.2. The van der Waals surface area contributed by atoms with Crippen molar-refractivity contribution in [3.63, 3.8) is 0 Å². The minimum absolute atomic E-state index is 0.199. The monoisotopic (exact) mass is 571 g/mol. The van der Waals surface area contributed by atoms with Gasteiger partial charge in [-0.05, 0) is 89.3 Å². The van der Waals surface area contributed by atoms with Gasteiger partial charge >= 0.3 is 6.03 Å². The van der Waals surface area contributed by atoms with Gasteiger partial charge in [0.05, 0.1) is 6.04 Å². The first-order valence-electron chi connectivity index (χ1n) is 16.1. The summed E-state index contributed by atoms with van der Waals surface area (Å²) in [5.41, 5.74) is 1.13. The van der Waals surface area contributed by atoms with E-state index in [9.17, 15) is 9.59 Å². The molecule has 1 aromatic carbocycles. The van der Waals surface area contributed by atoms with Gasteiger partial charge in [-0.25, -0.2) is 4.79 Å². The normalized spacial score (nSPS) is 26.5. The lowest BCUT2D eigenvalue weighted by Crippen LogP contribution is -2.59. The van der Waals surface area contributed by atoms with E-state index in [0.29, 0.717) is 43.7 Å². The van der Waals surface area contributed by atoms with Gasteiger partial charge in [-0.15, -0.1) is 0 Å². The number of halogens is 1. The molecule has 4 fully saturated rings. The molecule has 3 amide bonds. The molecule has 0 aromatic heterocycles. The maximum Gasteiger partial charge on any atom is 0.320 e. The van der Waals surface area contributed by atoms with Crippen molar-refractivity contribution < 1.29 is 9.59 Å². The number of hydrogen-bond donors (Lipinski definition) is 2. The number of hydrogen-bond acceptors (Lipinski definition) is 4. The number of carbonyl (C=O) groups is 2. The van der Waals surface area contributed by atoms with Gasteiger partial charge in [-0.2, -0.15) is 0 Å². The van der Waals surface area contributed by atoms with E-state index in [4.69, 9.17) is 11.6 Å². The third-order valence-electron chi connectivity index (χ3n) is 9.95. The van der Waals surface area contributed by atoms with Crippen LogP contribution in [0.5, 0.6) is 0 Å². The minimum Gasteiger partial charge on any atom is -0.341 e. The molecule has 3 heterocycles. The van der Waals surface area contributed by atoms with Crippen LogP contribution >= 0.6 is 11.6 Å². The first-order chi connectivity index (χ1) is 19.4. The summed E-state index contributed by atoms with van der Waals surface area (Å²) in [5.74, 6) is 0.207. The standard InChI is InChI=1S/C32H50ClN5O2/c1-3-36(4-2)32(40)38(28-8-6-5-7-9-28)29-16-18-37(19-17-29)31(39)30(20-23-10-12-24(33)13-11-23)35-27-21-25-14-15-26(22-27)34-25/h10-13,25-30,34-35H,3-9,14-22H2,1-2H3/t25?,26?,27?,30-/m1/s1. The Morgan fingerprint density at radius 2 is 1.52 bits per heavy atom. The molecule has 2 bridgehead atoms. The van der Waals surface area contributed by atoms with Crippen LogP contribution in [-0.4, -0.2) is 89.1 Å². The van der Waals surface area contributed by atoms with Gasteiger partial charge in [0.15, 0.2) is 0 Å². The first kappa shape index (κ1) is 29.7. The van der Waals surface area contributed by atoms with Crippen molar-refractivity contribution in [1.29, 1.82) is 0 Å². The zero-order valence-corrected chi connectivity index (χ0v) is 25.4. The van der Waals surface area contributed by atoms with Crippen LogP contribution in [0, 0.1) is 0 Å². The van der Waals surface area contributed by atoms with Crippen LogP contribution in [0.15, 0.2) is 24.3 Å². The van der Waals surface area contributed by atoms with E-state index in [2.05, 4.69) is 34.3 Å². The lowest BCUT2D eigenvalue weighted by molar-refractivity contribution is -0.135. The Kier molecular flexibility index (Phi) is 10.3.